The van der Waals surface area contributed by atoms with Gasteiger partial charge in [0, 0.05) is 21.9 Å². The Hall–Kier alpha value is -9.76. The predicted molar refractivity (Wildman–Crippen MR) is 317 cm³/mol. The third-order valence-corrected chi connectivity index (χ3v) is 16.7. The maximum atomic E-state index is 4.16. The van der Waals surface area contributed by atoms with Crippen molar-refractivity contribution in [2.45, 2.75) is 10.8 Å². The first kappa shape index (κ1) is 43.8. The summed E-state index contributed by atoms with van der Waals surface area (Å²) in [7, 11) is 0. The lowest BCUT2D eigenvalue weighted by Gasteiger charge is -2.40. The van der Waals surface area contributed by atoms with Crippen LogP contribution in [0.1, 0.15) is 50.1 Å². The Bertz CT molecular complexity index is 4330. The second-order valence-corrected chi connectivity index (χ2v) is 20.2. The molecule has 0 saturated carbocycles. The van der Waals surface area contributed by atoms with E-state index in [-0.39, 0.29) is 0 Å². The van der Waals surface area contributed by atoms with Crippen molar-refractivity contribution in [2.75, 3.05) is 4.90 Å². The fourth-order valence-electron chi connectivity index (χ4n) is 13.8. The number of para-hydroxylation sites is 4. The Kier molecular flexibility index (Phi) is 9.89. The van der Waals surface area contributed by atoms with Crippen molar-refractivity contribution in [3.05, 3.63) is 348 Å². The van der Waals surface area contributed by atoms with Gasteiger partial charge in [-0.1, -0.05) is 261 Å². The molecule has 0 saturated heterocycles. The minimum absolute atomic E-state index is 0.592. The molecule has 1 atom stereocenters. The van der Waals surface area contributed by atoms with Crippen molar-refractivity contribution < 1.29 is 0 Å². The highest BCUT2D eigenvalue weighted by molar-refractivity contribution is 6.13. The average Bonchev–Trinajstić information content (AvgIpc) is 4.18. The van der Waals surface area contributed by atoms with Gasteiger partial charge in [0.25, 0.3) is 0 Å². The van der Waals surface area contributed by atoms with Crippen molar-refractivity contribution in [3.8, 4) is 39.1 Å². The zero-order valence-corrected chi connectivity index (χ0v) is 41.8. The zero-order valence-electron chi connectivity index (χ0n) is 41.8. The summed E-state index contributed by atoms with van der Waals surface area (Å²) in [4.78, 5) is 2.56. The number of hydrogen-bond acceptors (Lipinski definition) is 1. The normalized spacial score (nSPS) is 15.3. The molecule has 2 aliphatic carbocycles. The Labute approximate surface area is 443 Å². The monoisotopic (exact) mass is 966 g/mol. The van der Waals surface area contributed by atoms with E-state index in [0.717, 1.165) is 33.8 Å². The van der Waals surface area contributed by atoms with Crippen molar-refractivity contribution in [1.82, 2.24) is 4.57 Å². The van der Waals surface area contributed by atoms with Crippen molar-refractivity contribution in [1.29, 1.82) is 0 Å². The molecular formula is C74H50N2. The molecule has 1 aromatic heterocycles. The van der Waals surface area contributed by atoms with Gasteiger partial charge in [-0.05, 0) is 109 Å². The molecule has 12 aromatic rings. The summed E-state index contributed by atoms with van der Waals surface area (Å²) in [5, 5.41) is 2.53. The van der Waals surface area contributed by atoms with Crippen LogP contribution < -0.4 is 4.90 Å². The van der Waals surface area contributed by atoms with E-state index in [9.17, 15) is 0 Å². The Morgan fingerprint density at radius 1 is 0.395 bits per heavy atom. The number of benzene rings is 11. The van der Waals surface area contributed by atoms with Crippen molar-refractivity contribution in [2.24, 2.45) is 0 Å². The molecule has 1 spiro atoms. The maximum Gasteiger partial charge on any atom is 0.0754 e. The fourth-order valence-corrected chi connectivity index (χ4v) is 13.8. The van der Waals surface area contributed by atoms with Gasteiger partial charge >= 0.3 is 0 Å². The molecule has 0 N–H and O–H groups in total. The van der Waals surface area contributed by atoms with Crippen LogP contribution in [0.3, 0.4) is 0 Å². The minimum atomic E-state index is -0.630. The van der Waals surface area contributed by atoms with Gasteiger partial charge in [0.05, 0.1) is 44.6 Å². The van der Waals surface area contributed by atoms with Gasteiger partial charge in [0.2, 0.25) is 0 Å². The number of anilines is 2. The summed E-state index contributed by atoms with van der Waals surface area (Å²) < 4.78 is 2.53. The van der Waals surface area contributed by atoms with E-state index < -0.39 is 10.8 Å². The molecule has 356 valence electrons. The van der Waals surface area contributed by atoms with Crippen LogP contribution in [0.25, 0.3) is 66.6 Å². The summed E-state index contributed by atoms with van der Waals surface area (Å²) in [6.45, 7) is 4.16. The van der Waals surface area contributed by atoms with Crippen LogP contribution in [0, 0.1) is 0 Å². The molecule has 2 heteroatoms. The van der Waals surface area contributed by atoms with Crippen LogP contribution in [-0.2, 0) is 10.8 Å². The molecule has 0 amide bonds. The highest BCUT2D eigenvalue weighted by Crippen LogP contribution is 2.63. The number of aromatic nitrogens is 1. The van der Waals surface area contributed by atoms with Crippen LogP contribution in [-0.4, -0.2) is 4.57 Å². The van der Waals surface area contributed by atoms with E-state index in [4.69, 9.17) is 0 Å². The van der Waals surface area contributed by atoms with Gasteiger partial charge in [-0.15, -0.1) is 0 Å². The lowest BCUT2D eigenvalue weighted by molar-refractivity contribution is 0.748. The van der Waals surface area contributed by atoms with Gasteiger partial charge in [0.1, 0.15) is 0 Å². The summed E-state index contributed by atoms with van der Waals surface area (Å²) in [6.07, 6.45) is 8.37. The maximum absolute atomic E-state index is 4.16. The summed E-state index contributed by atoms with van der Waals surface area (Å²) in [6, 6.07) is 99.6. The minimum Gasteiger partial charge on any atom is -0.309 e. The molecule has 2 heterocycles. The summed E-state index contributed by atoms with van der Waals surface area (Å²) in [5.41, 5.74) is 24.1. The van der Waals surface area contributed by atoms with Crippen molar-refractivity contribution in [3.63, 3.8) is 0 Å². The molecule has 76 heavy (non-hydrogen) atoms. The smallest absolute Gasteiger partial charge is 0.0754 e. The first-order valence-electron chi connectivity index (χ1n) is 26.4. The van der Waals surface area contributed by atoms with E-state index >= 15 is 0 Å². The molecule has 1 unspecified atom stereocenters. The van der Waals surface area contributed by atoms with E-state index in [2.05, 4.69) is 295 Å². The quantitative estimate of drug-likeness (QED) is 0.131. The zero-order chi connectivity index (χ0) is 50.4. The van der Waals surface area contributed by atoms with Gasteiger partial charge in [-0.25, -0.2) is 0 Å². The van der Waals surface area contributed by atoms with Crippen LogP contribution in [0.4, 0.5) is 11.4 Å². The Morgan fingerprint density at radius 2 is 0.947 bits per heavy atom. The van der Waals surface area contributed by atoms with Crippen LogP contribution in [0.2, 0.25) is 0 Å². The number of hydrogen-bond donors (Lipinski definition) is 0. The topological polar surface area (TPSA) is 8.17 Å². The van der Waals surface area contributed by atoms with E-state index in [1.165, 1.54) is 94.3 Å². The molecule has 11 aromatic carbocycles. The Morgan fingerprint density at radius 3 is 1.71 bits per heavy atom. The average molecular weight is 967 g/mol. The second kappa shape index (κ2) is 17.2. The van der Waals surface area contributed by atoms with Gasteiger partial charge < -0.3 is 9.47 Å². The first-order chi connectivity index (χ1) is 37.7. The van der Waals surface area contributed by atoms with Gasteiger partial charge in [-0.3, -0.25) is 0 Å². The van der Waals surface area contributed by atoms with Gasteiger partial charge in [0.15, 0.2) is 0 Å². The molecule has 0 fully saturated rings. The standard InChI is InChI=1S/C74H50N2/c1-2-3-7-42-66(51-47-48-56-55-33-14-18-37-60(55)74(65(56)49-51)62-39-20-23-45-69(62)76-68-44-22-17-34-57(68)58-36-24-41-64(74)72(58)76)75(67-43-21-16-32-54(67)50-26-8-4-9-27-50)70-46-25-40-63-71(70)59-35-15-19-38-61(59)73(63,52-28-10-5-11-29-52)53-30-12-6-13-31-53/h2-49H,1H2/b7-3-,66-42-. The fraction of sp³-hybridized carbons (Fsp3) is 0.0270. The van der Waals surface area contributed by atoms with E-state index in [0.29, 0.717) is 0 Å². The molecule has 3 aliphatic rings. The number of allylic oxidation sites excluding steroid dienone is 4. The predicted octanol–water partition coefficient (Wildman–Crippen LogP) is 18.4. The number of fused-ring (bicyclic) bond motifs is 15. The van der Waals surface area contributed by atoms with Gasteiger partial charge in [-0.2, -0.15) is 0 Å². The molecule has 15 rings (SSSR count). The SMILES string of the molecule is C=C/C=C\C=C(\c1ccc2c(c1)C1(c3ccccc3-2)c2ccccc2-n2c3ccccc3c3cccc1c32)N(c1ccccc1-c1ccccc1)c1cccc2c1-c1ccccc1C2(c1ccccc1)c1ccccc1. The van der Waals surface area contributed by atoms with Crippen LogP contribution >= 0.6 is 0 Å². The van der Waals surface area contributed by atoms with E-state index in [1.807, 2.05) is 12.2 Å². The van der Waals surface area contributed by atoms with Crippen LogP contribution in [0.5, 0.6) is 0 Å². The third kappa shape index (κ3) is 5.98. The molecular weight excluding hydrogens is 917 g/mol. The lowest BCUT2D eigenvalue weighted by atomic mass is 9.65. The van der Waals surface area contributed by atoms with E-state index in [1.54, 1.807) is 0 Å². The lowest BCUT2D eigenvalue weighted by Crippen LogP contribution is -2.33. The molecule has 2 nitrogen and oxygen atoms in total. The molecule has 1 aliphatic heterocycles. The highest BCUT2D eigenvalue weighted by Gasteiger charge is 2.52. The molecule has 0 radical (unpaired) electrons. The molecule has 0 bridgehead atoms. The largest absolute Gasteiger partial charge is 0.309 e. The number of nitrogens with zero attached hydrogens (tertiary/aromatic N) is 2. The summed E-state index contributed by atoms with van der Waals surface area (Å²) >= 11 is 0. The van der Waals surface area contributed by atoms with Crippen LogP contribution in [0.15, 0.2) is 298 Å². The number of rotatable bonds is 9. The Balaban J connectivity index is 1.05. The first-order valence-corrected chi connectivity index (χ1v) is 26.4. The second-order valence-electron chi connectivity index (χ2n) is 20.2. The third-order valence-electron chi connectivity index (χ3n) is 16.7. The highest BCUT2D eigenvalue weighted by atomic mass is 15.2. The van der Waals surface area contributed by atoms with Crippen molar-refractivity contribution >= 4 is 38.9 Å². The summed E-state index contributed by atoms with van der Waals surface area (Å²) in [5.74, 6) is 0.